The Balaban J connectivity index is 1.08. The first kappa shape index (κ1) is 35.9. The summed E-state index contributed by atoms with van der Waals surface area (Å²) in [7, 11) is 0. The Morgan fingerprint density at radius 3 is 2.75 bits per heavy atom. The topological polar surface area (TPSA) is 263 Å². The number of carbonyl (C=O) groups is 3. The lowest BCUT2D eigenvalue weighted by Gasteiger charge is -2.49. The third kappa shape index (κ3) is 8.20. The Kier molecular flexibility index (Phi) is 11.2. The Morgan fingerprint density at radius 1 is 1.24 bits per heavy atom. The SMILES string of the molecule is Nc1nc(/C(=N/OCCSc2nnc(-c3cc(=O)c(O)c[nH]3)o2)C(=O)N[C@@H]2C(=O)N3C(C(=O)O)=C(C[n+]4ccc(SCCO)cc4)CS[C@H]23)cs1. The molecular formula is C29H28N9O9S4+. The van der Waals surface area contributed by atoms with Gasteiger partial charge in [-0.15, -0.1) is 45.1 Å². The van der Waals surface area contributed by atoms with Crippen LogP contribution in [0, 0.1) is 0 Å². The molecule has 1 saturated heterocycles. The molecule has 1 fully saturated rings. The highest BCUT2D eigenvalue weighted by atomic mass is 32.2. The number of anilines is 1. The molecule has 4 aromatic rings. The molecule has 0 bridgehead atoms. The summed E-state index contributed by atoms with van der Waals surface area (Å²) < 4.78 is 7.33. The van der Waals surface area contributed by atoms with Crippen molar-refractivity contribution in [1.29, 1.82) is 0 Å². The molecule has 2 amide bonds. The fraction of sp³-hybridized carbons (Fsp3) is 0.276. The van der Waals surface area contributed by atoms with Crippen LogP contribution in [0.5, 0.6) is 5.75 Å². The first-order chi connectivity index (χ1) is 24.6. The maximum atomic E-state index is 13.5. The second-order valence-electron chi connectivity index (χ2n) is 10.6. The maximum Gasteiger partial charge on any atom is 0.352 e. The Morgan fingerprint density at radius 2 is 2.04 bits per heavy atom. The Bertz CT molecular complexity index is 2070. The van der Waals surface area contributed by atoms with Gasteiger partial charge in [0.25, 0.3) is 22.9 Å². The van der Waals surface area contributed by atoms with E-state index in [0.29, 0.717) is 17.1 Å². The van der Waals surface area contributed by atoms with Crippen LogP contribution in [0.1, 0.15) is 5.69 Å². The molecule has 22 heteroatoms. The number of thioether (sulfide) groups is 3. The molecule has 2 atom stereocenters. The normalized spacial score (nSPS) is 17.2. The minimum atomic E-state index is -1.25. The van der Waals surface area contributed by atoms with Crippen LogP contribution >= 0.6 is 46.6 Å². The van der Waals surface area contributed by atoms with E-state index in [1.807, 2.05) is 16.7 Å². The predicted molar refractivity (Wildman–Crippen MR) is 186 cm³/mol. The minimum Gasteiger partial charge on any atom is -0.503 e. The zero-order valence-corrected chi connectivity index (χ0v) is 29.4. The highest BCUT2D eigenvalue weighted by molar-refractivity contribution is 8.00. The molecule has 18 nitrogen and oxygen atoms in total. The molecule has 266 valence electrons. The number of β-lactam (4-membered cyclic amide) rings is 1. The van der Waals surface area contributed by atoms with Crippen molar-refractivity contribution >= 4 is 75.2 Å². The molecule has 2 aliphatic heterocycles. The summed E-state index contributed by atoms with van der Waals surface area (Å²) in [6.07, 6.45) is 4.72. The van der Waals surface area contributed by atoms with Crippen LogP contribution in [0.2, 0.25) is 0 Å². The van der Waals surface area contributed by atoms with Gasteiger partial charge in [0.15, 0.2) is 35.5 Å². The van der Waals surface area contributed by atoms with Gasteiger partial charge in [0.2, 0.25) is 5.43 Å². The Hall–Kier alpha value is -4.90. The summed E-state index contributed by atoms with van der Waals surface area (Å²) in [5.74, 6) is -1.87. The van der Waals surface area contributed by atoms with E-state index in [1.54, 1.807) is 12.4 Å². The smallest absolute Gasteiger partial charge is 0.352 e. The number of nitrogens with two attached hydrogens (primary N) is 1. The molecule has 4 aromatic heterocycles. The van der Waals surface area contributed by atoms with Gasteiger partial charge in [-0.1, -0.05) is 16.9 Å². The number of nitrogens with one attached hydrogen (secondary N) is 2. The number of thiazole rings is 1. The number of aliphatic carboxylic acids is 1. The molecular weight excluding hydrogens is 747 g/mol. The number of amides is 2. The largest absolute Gasteiger partial charge is 0.503 e. The molecule has 0 aromatic carbocycles. The number of hydrogen-bond acceptors (Lipinski definition) is 17. The quantitative estimate of drug-likeness (QED) is 0.0240. The third-order valence-electron chi connectivity index (χ3n) is 7.20. The van der Waals surface area contributed by atoms with E-state index in [-0.39, 0.29) is 64.6 Å². The van der Waals surface area contributed by atoms with Gasteiger partial charge < -0.3 is 40.6 Å². The second-order valence-corrected chi connectivity index (χ2v) is 14.8. The van der Waals surface area contributed by atoms with E-state index in [4.69, 9.17) is 20.1 Å². The zero-order chi connectivity index (χ0) is 36.1. The summed E-state index contributed by atoms with van der Waals surface area (Å²) >= 11 is 5.02. The van der Waals surface area contributed by atoms with Crippen molar-refractivity contribution in [3.8, 4) is 17.3 Å². The van der Waals surface area contributed by atoms with Crippen molar-refractivity contribution in [3.63, 3.8) is 0 Å². The summed E-state index contributed by atoms with van der Waals surface area (Å²) in [5.41, 5.74) is 5.71. The number of hydrogen-bond donors (Lipinski definition) is 6. The number of oxime groups is 1. The van der Waals surface area contributed by atoms with Gasteiger partial charge in [-0.25, -0.2) is 14.3 Å². The molecule has 2 aliphatic rings. The lowest BCUT2D eigenvalue weighted by molar-refractivity contribution is -0.689. The molecule has 7 N–H and O–H groups in total. The third-order valence-corrected chi connectivity index (χ3v) is 11.0. The van der Waals surface area contributed by atoms with Crippen molar-refractivity contribution in [2.24, 2.45) is 5.16 Å². The van der Waals surface area contributed by atoms with Gasteiger partial charge in [0.05, 0.1) is 6.61 Å². The number of aliphatic hydroxyl groups excluding tert-OH is 1. The van der Waals surface area contributed by atoms with E-state index in [0.717, 1.165) is 40.3 Å². The highest BCUT2D eigenvalue weighted by Crippen LogP contribution is 2.40. The molecule has 0 unspecified atom stereocenters. The van der Waals surface area contributed by atoms with Gasteiger partial charge in [-0.3, -0.25) is 19.3 Å². The standard InChI is InChI=1S/C29H27N9O9S4/c30-28-32-17(13-51-28)20(36-46-6-8-49-29-35-34-24(47-29)16-9-18(40)19(41)10-31-16)23(42)33-21-25(43)38-22(27(44)45)14(12-50-26(21)38)11-37-3-1-15(2-4-37)48-7-5-39/h1-4,9-10,13,21,26,39H,5-8,11-12H2,(H5-,30,31,32,33,34,36,40,41,42,44,45)/p+1/t21-,26-/m1/s1. The van der Waals surface area contributed by atoms with Gasteiger partial charge in [0.1, 0.15) is 35.1 Å². The Labute approximate surface area is 304 Å². The first-order valence-corrected chi connectivity index (χ1v) is 18.8. The number of nitrogen functional groups attached to an aromatic ring is 1. The minimum absolute atomic E-state index is 0.0127. The number of nitrogens with zero attached hydrogens (tertiary/aromatic N) is 6. The van der Waals surface area contributed by atoms with E-state index in [9.17, 15) is 29.4 Å². The number of H-pyrrole nitrogens is 1. The van der Waals surface area contributed by atoms with Gasteiger partial charge in [0, 0.05) is 57.5 Å². The van der Waals surface area contributed by atoms with Crippen LogP contribution in [0.25, 0.3) is 11.6 Å². The summed E-state index contributed by atoms with van der Waals surface area (Å²) in [4.78, 5) is 65.2. The molecule has 6 rings (SSSR count). The van der Waals surface area contributed by atoms with Gasteiger partial charge in [-0.05, 0) is 0 Å². The van der Waals surface area contributed by atoms with Crippen LogP contribution in [-0.2, 0) is 25.8 Å². The summed E-state index contributed by atoms with van der Waals surface area (Å²) in [5, 5.41) is 44.1. The molecule has 6 heterocycles. The van der Waals surface area contributed by atoms with Crippen molar-refractivity contribution in [2.75, 3.05) is 36.2 Å². The number of fused-ring (bicyclic) bond motifs is 1. The molecule has 51 heavy (non-hydrogen) atoms. The fourth-order valence-corrected chi connectivity index (χ4v) is 7.98. The summed E-state index contributed by atoms with van der Waals surface area (Å²) in [6, 6.07) is 3.83. The number of carbonyl (C=O) groups excluding carboxylic acids is 2. The average molecular weight is 775 g/mol. The van der Waals surface area contributed by atoms with Crippen LogP contribution in [0.4, 0.5) is 5.13 Å². The number of aliphatic hydroxyl groups is 1. The number of carboxylic acids is 1. The fourth-order valence-electron chi connectivity index (χ4n) is 4.89. The van der Waals surface area contributed by atoms with E-state index < -0.39 is 40.4 Å². The average Bonchev–Trinajstić information content (AvgIpc) is 3.78. The lowest BCUT2D eigenvalue weighted by Crippen LogP contribution is -2.71. The van der Waals surface area contributed by atoms with Crippen molar-refractivity contribution < 1.29 is 43.5 Å². The number of aromatic amines is 1. The van der Waals surface area contributed by atoms with Crippen molar-refractivity contribution in [3.05, 3.63) is 69.4 Å². The van der Waals surface area contributed by atoms with Gasteiger partial charge in [-0.2, -0.15) is 0 Å². The van der Waals surface area contributed by atoms with Crippen molar-refractivity contribution in [2.45, 2.75) is 28.1 Å². The summed E-state index contributed by atoms with van der Waals surface area (Å²) in [6.45, 7) is 0.291. The number of carboxylic acid groups (broad SMARTS) is 1. The number of rotatable bonds is 15. The molecule has 0 saturated carbocycles. The molecule has 0 aliphatic carbocycles. The van der Waals surface area contributed by atoms with E-state index >= 15 is 0 Å². The van der Waals surface area contributed by atoms with Crippen LogP contribution in [0.3, 0.4) is 0 Å². The molecule has 0 radical (unpaired) electrons. The van der Waals surface area contributed by atoms with Crippen LogP contribution in [-0.4, -0.2) is 106 Å². The predicted octanol–water partition coefficient (Wildman–Crippen LogP) is 0.493. The van der Waals surface area contributed by atoms with E-state index in [2.05, 4.69) is 30.6 Å². The van der Waals surface area contributed by atoms with Crippen LogP contribution in [0.15, 0.2) is 77.9 Å². The molecule has 0 spiro atoms. The van der Waals surface area contributed by atoms with Crippen LogP contribution < -0.4 is 21.0 Å². The number of pyridine rings is 2. The zero-order valence-electron chi connectivity index (χ0n) is 26.1. The van der Waals surface area contributed by atoms with Crippen molar-refractivity contribution in [1.82, 2.24) is 30.4 Å². The first-order valence-electron chi connectivity index (χ1n) is 14.9. The number of aromatic nitrogens is 5. The second kappa shape index (κ2) is 16.0. The maximum absolute atomic E-state index is 13.5. The number of aromatic hydroxyl groups is 1. The lowest BCUT2D eigenvalue weighted by atomic mass is 10.0. The monoisotopic (exact) mass is 774 g/mol. The van der Waals surface area contributed by atoms with E-state index in [1.165, 1.54) is 33.8 Å². The highest BCUT2D eigenvalue weighted by Gasteiger charge is 2.54. The van der Waals surface area contributed by atoms with Gasteiger partial charge >= 0.3 is 5.97 Å².